The van der Waals surface area contributed by atoms with Crippen molar-refractivity contribution in [2.24, 2.45) is 0 Å². The summed E-state index contributed by atoms with van der Waals surface area (Å²) in [7, 11) is -2.84. The van der Waals surface area contributed by atoms with Gasteiger partial charge in [-0.15, -0.1) is 0 Å². The molecule has 2 aromatic carbocycles. The van der Waals surface area contributed by atoms with Gasteiger partial charge >= 0.3 is 12.1 Å². The summed E-state index contributed by atoms with van der Waals surface area (Å²) in [5.41, 5.74) is 3.38. The van der Waals surface area contributed by atoms with E-state index in [2.05, 4.69) is 10.3 Å². The number of benzene rings is 2. The van der Waals surface area contributed by atoms with Crippen molar-refractivity contribution in [3.8, 4) is 5.69 Å². The molecule has 9 nitrogen and oxygen atoms in total. The van der Waals surface area contributed by atoms with E-state index in [1.165, 1.54) is 13.1 Å². The highest BCUT2D eigenvalue weighted by molar-refractivity contribution is 7.89. The first-order valence-corrected chi connectivity index (χ1v) is 11.1. The molecule has 0 bridgehead atoms. The van der Waals surface area contributed by atoms with Crippen LogP contribution < -0.4 is 10.0 Å². The molecule has 0 radical (unpaired) electrons. The molecule has 0 spiro atoms. The molecule has 3 aromatic rings. The Labute approximate surface area is 197 Å². The number of nitrogens with one attached hydrogen (secondary N) is 2. The molecule has 1 amide bonds. The quantitative estimate of drug-likeness (QED) is 0.446. The lowest BCUT2D eigenvalue weighted by Gasteiger charge is -2.10. The van der Waals surface area contributed by atoms with Crippen molar-refractivity contribution in [1.29, 1.82) is 0 Å². The first kappa shape index (κ1) is 27.5. The number of anilines is 1. The van der Waals surface area contributed by atoms with Crippen LogP contribution in [0, 0.1) is 19.7 Å². The minimum atomic E-state index is -5.08. The Balaban J connectivity index is 0.000000540. The number of rotatable bonds is 5. The number of carbonyl (C=O) groups is 2. The second-order valence-electron chi connectivity index (χ2n) is 6.94. The third-order valence-corrected chi connectivity index (χ3v) is 6.08. The van der Waals surface area contributed by atoms with E-state index in [0.29, 0.717) is 5.69 Å². The van der Waals surface area contributed by atoms with Crippen LogP contribution in [0.5, 0.6) is 0 Å². The van der Waals surface area contributed by atoms with Crippen molar-refractivity contribution in [3.63, 3.8) is 0 Å². The third kappa shape index (κ3) is 6.86. The molecule has 0 aliphatic rings. The van der Waals surface area contributed by atoms with E-state index in [-0.39, 0.29) is 5.56 Å². The minimum absolute atomic E-state index is 0.0281. The number of sulfonamides is 1. The van der Waals surface area contributed by atoms with Crippen molar-refractivity contribution in [1.82, 2.24) is 14.3 Å². The SMILES string of the molecule is CNS(=O)(=O)c1cc(C(=O)Nc2ccc(-n3cnc(C)c3C)cc2)ccc1F.O=C(O)C(F)(F)F. The highest BCUT2D eigenvalue weighted by atomic mass is 32.2. The highest BCUT2D eigenvalue weighted by Crippen LogP contribution is 2.20. The second kappa shape index (κ2) is 10.7. The summed E-state index contributed by atoms with van der Waals surface area (Å²) < 4.78 is 73.3. The molecule has 3 N–H and O–H groups in total. The van der Waals surface area contributed by atoms with Gasteiger partial charge in [0.25, 0.3) is 5.91 Å². The Hall–Kier alpha value is -3.78. The number of hydrogen-bond donors (Lipinski definition) is 3. The lowest BCUT2D eigenvalue weighted by Crippen LogP contribution is -2.21. The van der Waals surface area contributed by atoms with Crippen LogP contribution in [0.3, 0.4) is 0 Å². The van der Waals surface area contributed by atoms with Gasteiger partial charge in [-0.1, -0.05) is 0 Å². The standard InChI is InChI=1S/C19H19FN4O3S.C2HF3O2/c1-12-13(2)24(11-22-12)16-7-5-15(6-8-16)23-19(25)14-4-9-17(20)18(10-14)28(26,27)21-3;3-2(4,5)1(6)7/h4-11,21H,1-3H3,(H,23,25);(H,6,7). The molecular weight excluding hydrogens is 496 g/mol. The zero-order chi connectivity index (χ0) is 26.6. The predicted molar refractivity (Wildman–Crippen MR) is 117 cm³/mol. The van der Waals surface area contributed by atoms with Gasteiger partial charge in [0.2, 0.25) is 10.0 Å². The minimum Gasteiger partial charge on any atom is -0.475 e. The van der Waals surface area contributed by atoms with Crippen LogP contribution in [0.4, 0.5) is 23.2 Å². The van der Waals surface area contributed by atoms with Gasteiger partial charge in [-0.25, -0.2) is 27.3 Å². The van der Waals surface area contributed by atoms with Gasteiger partial charge in [-0.05, 0) is 63.4 Å². The third-order valence-electron chi connectivity index (χ3n) is 4.65. The lowest BCUT2D eigenvalue weighted by atomic mass is 10.2. The Kier molecular flexibility index (Phi) is 8.36. The molecule has 0 saturated heterocycles. The number of carboxylic acid groups (broad SMARTS) is 1. The summed E-state index contributed by atoms with van der Waals surface area (Å²) >= 11 is 0. The number of aromatic nitrogens is 2. The van der Waals surface area contributed by atoms with Gasteiger partial charge in [0.15, 0.2) is 0 Å². The predicted octanol–water partition coefficient (Wildman–Crippen LogP) is 3.42. The van der Waals surface area contributed by atoms with Crippen molar-refractivity contribution < 1.29 is 40.7 Å². The molecule has 0 fully saturated rings. The topological polar surface area (TPSA) is 130 Å². The molecule has 188 valence electrons. The smallest absolute Gasteiger partial charge is 0.475 e. The van der Waals surface area contributed by atoms with Crippen LogP contribution in [0.1, 0.15) is 21.7 Å². The van der Waals surface area contributed by atoms with Gasteiger partial charge in [-0.2, -0.15) is 13.2 Å². The normalized spacial score (nSPS) is 11.4. The highest BCUT2D eigenvalue weighted by Gasteiger charge is 2.38. The van der Waals surface area contributed by atoms with Crippen molar-refractivity contribution in [2.45, 2.75) is 24.9 Å². The summed E-state index contributed by atoms with van der Waals surface area (Å²) in [5, 5.41) is 9.80. The number of carbonyl (C=O) groups excluding carboxylic acids is 1. The van der Waals surface area contributed by atoms with E-state index in [9.17, 15) is 30.8 Å². The van der Waals surface area contributed by atoms with Crippen LogP contribution in [0.2, 0.25) is 0 Å². The molecule has 0 unspecified atom stereocenters. The molecule has 0 saturated carbocycles. The number of nitrogens with zero attached hydrogens (tertiary/aromatic N) is 2. The summed E-state index contributed by atoms with van der Waals surface area (Å²) in [6.07, 6.45) is -3.36. The van der Waals surface area contributed by atoms with E-state index in [0.717, 1.165) is 29.2 Å². The van der Waals surface area contributed by atoms with Crippen molar-refractivity contribution >= 4 is 27.6 Å². The molecule has 0 aliphatic carbocycles. The molecule has 0 aliphatic heterocycles. The summed E-state index contributed by atoms with van der Waals surface area (Å²) in [6.45, 7) is 3.88. The Morgan fingerprint density at radius 3 is 2.09 bits per heavy atom. The Morgan fingerprint density at radius 1 is 1.06 bits per heavy atom. The van der Waals surface area contributed by atoms with E-state index in [1.54, 1.807) is 18.5 Å². The van der Waals surface area contributed by atoms with Crippen LogP contribution in [0.15, 0.2) is 53.7 Å². The average Bonchev–Trinajstić information content (AvgIpc) is 3.12. The summed E-state index contributed by atoms with van der Waals surface area (Å²) in [6, 6.07) is 10.3. The lowest BCUT2D eigenvalue weighted by molar-refractivity contribution is -0.192. The first-order valence-electron chi connectivity index (χ1n) is 9.63. The zero-order valence-corrected chi connectivity index (χ0v) is 19.3. The number of aliphatic carboxylic acids is 1. The zero-order valence-electron chi connectivity index (χ0n) is 18.5. The fourth-order valence-electron chi connectivity index (χ4n) is 2.63. The largest absolute Gasteiger partial charge is 0.490 e. The van der Waals surface area contributed by atoms with Gasteiger partial charge in [0.05, 0.1) is 12.0 Å². The summed E-state index contributed by atoms with van der Waals surface area (Å²) in [5.74, 6) is -4.23. The molecule has 3 rings (SSSR count). The van der Waals surface area contributed by atoms with Crippen molar-refractivity contribution in [3.05, 3.63) is 71.6 Å². The van der Waals surface area contributed by atoms with Gasteiger partial charge in [-0.3, -0.25) is 4.79 Å². The number of carboxylic acids is 1. The fraction of sp³-hybridized carbons (Fsp3) is 0.190. The van der Waals surface area contributed by atoms with Crippen LogP contribution in [0.25, 0.3) is 5.69 Å². The molecule has 1 heterocycles. The van der Waals surface area contributed by atoms with Crippen LogP contribution in [-0.2, 0) is 14.8 Å². The van der Waals surface area contributed by atoms with Crippen molar-refractivity contribution in [2.75, 3.05) is 12.4 Å². The summed E-state index contributed by atoms with van der Waals surface area (Å²) in [4.78, 5) is 25.0. The first-order chi connectivity index (χ1) is 16.2. The fourth-order valence-corrected chi connectivity index (χ4v) is 3.45. The average molecular weight is 516 g/mol. The number of hydrogen-bond acceptors (Lipinski definition) is 5. The molecular formula is C21H20F4N4O5S. The molecule has 35 heavy (non-hydrogen) atoms. The number of alkyl halides is 3. The Morgan fingerprint density at radius 2 is 1.63 bits per heavy atom. The van der Waals surface area contributed by atoms with Gasteiger partial charge in [0.1, 0.15) is 10.7 Å². The van der Waals surface area contributed by atoms with E-state index in [4.69, 9.17) is 9.90 Å². The van der Waals surface area contributed by atoms with E-state index < -0.39 is 38.8 Å². The number of aryl methyl sites for hydroxylation is 1. The van der Waals surface area contributed by atoms with E-state index >= 15 is 0 Å². The van der Waals surface area contributed by atoms with Gasteiger partial charge in [0, 0.05) is 22.6 Å². The number of halogens is 4. The monoisotopic (exact) mass is 516 g/mol. The maximum Gasteiger partial charge on any atom is 0.490 e. The van der Waals surface area contributed by atoms with E-state index in [1.807, 2.05) is 35.3 Å². The molecule has 14 heteroatoms. The Bertz CT molecular complexity index is 1340. The number of imidazole rings is 1. The number of amides is 1. The molecule has 0 atom stereocenters. The van der Waals surface area contributed by atoms with Crippen LogP contribution in [-0.4, -0.2) is 48.2 Å². The second-order valence-corrected chi connectivity index (χ2v) is 8.80. The molecule has 1 aromatic heterocycles. The maximum atomic E-state index is 13.8. The van der Waals surface area contributed by atoms with Gasteiger partial charge < -0.3 is 15.0 Å². The maximum absolute atomic E-state index is 13.8. The van der Waals surface area contributed by atoms with Crippen LogP contribution >= 0.6 is 0 Å².